The van der Waals surface area contributed by atoms with Gasteiger partial charge in [0.25, 0.3) is 0 Å². The summed E-state index contributed by atoms with van der Waals surface area (Å²) >= 11 is 13.3. The summed E-state index contributed by atoms with van der Waals surface area (Å²) < 4.78 is 6.30. The second-order valence-electron chi connectivity index (χ2n) is 4.19. The first-order chi connectivity index (χ1) is 9.10. The van der Waals surface area contributed by atoms with Crippen LogP contribution in [0.3, 0.4) is 0 Å². The molecule has 0 aromatic heterocycles. The number of ether oxygens (including phenoxy) is 1. The molecule has 0 amide bonds. The lowest BCUT2D eigenvalue weighted by Gasteiger charge is -2.13. The van der Waals surface area contributed by atoms with Crippen molar-refractivity contribution in [3.8, 4) is 5.75 Å². The molecule has 19 heavy (non-hydrogen) atoms. The van der Waals surface area contributed by atoms with E-state index in [1.54, 1.807) is 7.11 Å². The van der Waals surface area contributed by atoms with E-state index in [2.05, 4.69) is 37.9 Å². The van der Waals surface area contributed by atoms with Gasteiger partial charge in [0.2, 0.25) is 0 Å². The molecule has 0 bridgehead atoms. The second-order valence-corrected chi connectivity index (χ2v) is 6.59. The number of halogens is 3. The van der Waals surface area contributed by atoms with Crippen LogP contribution >= 0.6 is 43.5 Å². The molecular weight excluding hydrogens is 391 g/mol. The van der Waals surface area contributed by atoms with Crippen LogP contribution in [0.25, 0.3) is 0 Å². The van der Waals surface area contributed by atoms with Crippen LogP contribution in [0, 0.1) is 0 Å². The zero-order valence-electron chi connectivity index (χ0n) is 10.4. The SMILES string of the molecule is COc1cccc(CC(Br)c2cc(Cl)ccc2Br)c1. The maximum Gasteiger partial charge on any atom is 0.119 e. The molecule has 0 spiro atoms. The third-order valence-electron chi connectivity index (χ3n) is 2.84. The van der Waals surface area contributed by atoms with E-state index in [4.69, 9.17) is 16.3 Å². The van der Waals surface area contributed by atoms with Crippen LogP contribution in [0.2, 0.25) is 5.02 Å². The average molecular weight is 405 g/mol. The quantitative estimate of drug-likeness (QED) is 0.586. The highest BCUT2D eigenvalue weighted by Gasteiger charge is 2.13. The molecule has 100 valence electrons. The van der Waals surface area contributed by atoms with Gasteiger partial charge in [-0.25, -0.2) is 0 Å². The van der Waals surface area contributed by atoms with Crippen LogP contribution in [-0.4, -0.2) is 7.11 Å². The first-order valence-corrected chi connectivity index (χ1v) is 7.91. The van der Waals surface area contributed by atoms with E-state index >= 15 is 0 Å². The zero-order chi connectivity index (χ0) is 13.8. The highest BCUT2D eigenvalue weighted by atomic mass is 79.9. The first kappa shape index (κ1) is 14.9. The monoisotopic (exact) mass is 402 g/mol. The molecule has 0 radical (unpaired) electrons. The molecule has 0 fully saturated rings. The Morgan fingerprint density at radius 3 is 2.74 bits per heavy atom. The average Bonchev–Trinajstić information content (AvgIpc) is 2.41. The summed E-state index contributed by atoms with van der Waals surface area (Å²) in [5, 5.41) is 0.744. The van der Waals surface area contributed by atoms with Crippen LogP contribution in [0.1, 0.15) is 16.0 Å². The summed E-state index contributed by atoms with van der Waals surface area (Å²) in [4.78, 5) is 0.202. The molecule has 0 heterocycles. The predicted molar refractivity (Wildman–Crippen MR) is 87.5 cm³/mol. The van der Waals surface area contributed by atoms with Gasteiger partial charge < -0.3 is 4.74 Å². The molecule has 0 N–H and O–H groups in total. The van der Waals surface area contributed by atoms with Crippen molar-refractivity contribution in [3.05, 3.63) is 63.1 Å². The Morgan fingerprint density at radius 2 is 2.00 bits per heavy atom. The van der Waals surface area contributed by atoms with Gasteiger partial charge in [0, 0.05) is 14.3 Å². The van der Waals surface area contributed by atoms with Gasteiger partial charge in [-0.3, -0.25) is 0 Å². The Hall–Kier alpha value is -0.510. The smallest absolute Gasteiger partial charge is 0.119 e. The molecule has 0 aliphatic heterocycles. The second kappa shape index (κ2) is 6.78. The lowest BCUT2D eigenvalue weighted by atomic mass is 10.0. The number of methoxy groups -OCH3 is 1. The highest BCUT2D eigenvalue weighted by Crippen LogP contribution is 2.34. The fraction of sp³-hybridized carbons (Fsp3) is 0.200. The van der Waals surface area contributed by atoms with E-state index in [1.165, 1.54) is 5.56 Å². The molecular formula is C15H13Br2ClO. The van der Waals surface area contributed by atoms with Gasteiger partial charge >= 0.3 is 0 Å². The fourth-order valence-corrected chi connectivity index (χ4v) is 3.63. The van der Waals surface area contributed by atoms with Crippen molar-refractivity contribution in [3.63, 3.8) is 0 Å². The minimum absolute atomic E-state index is 0.202. The van der Waals surface area contributed by atoms with Crippen molar-refractivity contribution in [2.45, 2.75) is 11.2 Å². The molecule has 0 aliphatic carbocycles. The van der Waals surface area contributed by atoms with Crippen molar-refractivity contribution in [1.82, 2.24) is 0 Å². The summed E-state index contributed by atoms with van der Waals surface area (Å²) in [7, 11) is 1.68. The Labute approximate surface area is 135 Å². The fourth-order valence-electron chi connectivity index (χ4n) is 1.87. The van der Waals surface area contributed by atoms with E-state index in [9.17, 15) is 0 Å². The number of hydrogen-bond donors (Lipinski definition) is 0. The highest BCUT2D eigenvalue weighted by molar-refractivity contribution is 9.11. The molecule has 1 nitrogen and oxygen atoms in total. The van der Waals surface area contributed by atoms with E-state index in [1.807, 2.05) is 36.4 Å². The first-order valence-electron chi connectivity index (χ1n) is 5.82. The summed E-state index contributed by atoms with van der Waals surface area (Å²) in [5.41, 5.74) is 2.36. The molecule has 4 heteroatoms. The number of benzene rings is 2. The molecule has 0 saturated heterocycles. The third-order valence-corrected chi connectivity index (χ3v) is 4.62. The van der Waals surface area contributed by atoms with Gasteiger partial charge in [0.1, 0.15) is 5.75 Å². The van der Waals surface area contributed by atoms with Crippen LogP contribution in [-0.2, 0) is 6.42 Å². The Morgan fingerprint density at radius 1 is 1.21 bits per heavy atom. The van der Waals surface area contributed by atoms with Crippen molar-refractivity contribution in [2.75, 3.05) is 7.11 Å². The molecule has 2 aromatic carbocycles. The van der Waals surface area contributed by atoms with Gasteiger partial charge in [0.15, 0.2) is 0 Å². The van der Waals surface area contributed by atoms with Crippen molar-refractivity contribution in [1.29, 1.82) is 0 Å². The van der Waals surface area contributed by atoms with Crippen molar-refractivity contribution >= 4 is 43.5 Å². The topological polar surface area (TPSA) is 9.23 Å². The lowest BCUT2D eigenvalue weighted by molar-refractivity contribution is 0.414. The molecule has 2 aromatic rings. The summed E-state index contributed by atoms with van der Waals surface area (Å²) in [5.74, 6) is 0.877. The zero-order valence-corrected chi connectivity index (χ0v) is 14.3. The van der Waals surface area contributed by atoms with Crippen LogP contribution in [0.15, 0.2) is 46.9 Å². The standard InChI is InChI=1S/C15H13Br2ClO/c1-19-12-4-2-3-10(7-12)8-15(17)13-9-11(18)5-6-14(13)16/h2-7,9,15H,8H2,1H3. The van der Waals surface area contributed by atoms with Gasteiger partial charge in [0.05, 0.1) is 7.11 Å². The van der Waals surface area contributed by atoms with Crippen LogP contribution in [0.5, 0.6) is 5.75 Å². The maximum atomic E-state index is 6.05. The van der Waals surface area contributed by atoms with Gasteiger partial charge in [-0.2, -0.15) is 0 Å². The summed E-state index contributed by atoms with van der Waals surface area (Å²) in [6, 6.07) is 13.9. The number of rotatable bonds is 4. The van der Waals surface area contributed by atoms with Gasteiger partial charge in [-0.05, 0) is 47.9 Å². The normalized spacial score (nSPS) is 12.2. The minimum Gasteiger partial charge on any atom is -0.497 e. The van der Waals surface area contributed by atoms with Crippen molar-refractivity contribution < 1.29 is 4.74 Å². The minimum atomic E-state index is 0.202. The molecule has 2 rings (SSSR count). The summed E-state index contributed by atoms with van der Waals surface area (Å²) in [6.45, 7) is 0. The Kier molecular flexibility index (Phi) is 5.31. The Bertz CT molecular complexity index is 572. The van der Waals surface area contributed by atoms with E-state index < -0.39 is 0 Å². The van der Waals surface area contributed by atoms with E-state index in [-0.39, 0.29) is 4.83 Å². The molecule has 1 atom stereocenters. The summed E-state index contributed by atoms with van der Waals surface area (Å²) in [6.07, 6.45) is 0.871. The Balaban J connectivity index is 2.20. The third kappa shape index (κ3) is 3.98. The molecule has 1 unspecified atom stereocenters. The van der Waals surface area contributed by atoms with Crippen LogP contribution < -0.4 is 4.74 Å². The van der Waals surface area contributed by atoms with E-state index in [0.29, 0.717) is 0 Å². The largest absolute Gasteiger partial charge is 0.497 e. The maximum absolute atomic E-state index is 6.05. The van der Waals surface area contributed by atoms with Gasteiger partial charge in [-0.15, -0.1) is 0 Å². The van der Waals surface area contributed by atoms with E-state index in [0.717, 1.165) is 27.2 Å². The van der Waals surface area contributed by atoms with Gasteiger partial charge in [-0.1, -0.05) is 55.6 Å². The molecule has 0 saturated carbocycles. The van der Waals surface area contributed by atoms with Crippen molar-refractivity contribution in [2.24, 2.45) is 0 Å². The number of hydrogen-bond acceptors (Lipinski definition) is 1. The predicted octanol–water partition coefficient (Wildman–Crippen LogP) is 5.79. The lowest BCUT2D eigenvalue weighted by Crippen LogP contribution is -1.97. The van der Waals surface area contributed by atoms with Crippen LogP contribution in [0.4, 0.5) is 0 Å². The number of alkyl halides is 1. The molecule has 0 aliphatic rings.